The Morgan fingerprint density at radius 1 is 1.27 bits per heavy atom. The first-order valence-electron chi connectivity index (χ1n) is 4.46. The second-order valence-corrected chi connectivity index (χ2v) is 3.62. The van der Waals surface area contributed by atoms with E-state index in [0.29, 0.717) is 0 Å². The Bertz CT molecular complexity index is 355. The molecule has 0 unspecified atom stereocenters. The number of hydrogen-bond donors (Lipinski definition) is 0. The fraction of sp³-hybridized carbons (Fsp3) is 0.0833. The van der Waals surface area contributed by atoms with Crippen LogP contribution in [-0.4, -0.2) is 13.1 Å². The molecule has 0 amide bonds. The molecule has 0 aromatic heterocycles. The van der Waals surface area contributed by atoms with E-state index in [0.717, 1.165) is 0 Å². The number of esters is 1. The van der Waals surface area contributed by atoms with Crippen molar-refractivity contribution in [3.8, 4) is 0 Å². The smallest absolute Gasteiger partial charge is 0.330 e. The molecule has 0 spiro atoms. The average Bonchev–Trinajstić information content (AvgIpc) is 2.29. The predicted octanol–water partition coefficient (Wildman–Crippen LogP) is 3.02. The summed E-state index contributed by atoms with van der Waals surface area (Å²) in [5, 5.41) is 1.91. The summed E-state index contributed by atoms with van der Waals surface area (Å²) < 4.78 is 4.45. The van der Waals surface area contributed by atoms with Gasteiger partial charge in [-0.2, -0.15) is 0 Å². The summed E-state index contributed by atoms with van der Waals surface area (Å²) in [6.07, 6.45) is 4.83. The van der Waals surface area contributed by atoms with Gasteiger partial charge in [0.1, 0.15) is 0 Å². The van der Waals surface area contributed by atoms with Crippen LogP contribution in [0.3, 0.4) is 0 Å². The standard InChI is InChI=1S/C12H12O2S/c1-14-12(13)9-5-6-10-15-11-7-3-2-4-8-11/h2-10H,1H3/b9-5+,10-6+. The second kappa shape index (κ2) is 6.90. The molecule has 3 heteroatoms. The number of methoxy groups -OCH3 is 1. The van der Waals surface area contributed by atoms with Gasteiger partial charge in [0.25, 0.3) is 0 Å². The molecule has 15 heavy (non-hydrogen) atoms. The topological polar surface area (TPSA) is 26.3 Å². The maximum absolute atomic E-state index is 10.7. The number of thioether (sulfide) groups is 1. The number of benzene rings is 1. The van der Waals surface area contributed by atoms with Crippen LogP contribution in [0.4, 0.5) is 0 Å². The zero-order valence-corrected chi connectivity index (χ0v) is 9.24. The molecule has 0 aliphatic rings. The molecule has 1 aromatic rings. The third-order valence-corrected chi connectivity index (χ3v) is 2.41. The van der Waals surface area contributed by atoms with Gasteiger partial charge in [0.05, 0.1) is 7.11 Å². The van der Waals surface area contributed by atoms with E-state index in [9.17, 15) is 4.79 Å². The molecule has 0 N–H and O–H groups in total. The van der Waals surface area contributed by atoms with Crippen molar-refractivity contribution in [3.63, 3.8) is 0 Å². The number of ether oxygens (including phenoxy) is 1. The number of carbonyl (C=O) groups excluding carboxylic acids is 1. The lowest BCUT2D eigenvalue weighted by Crippen LogP contribution is -1.92. The molecule has 1 aromatic carbocycles. The maximum atomic E-state index is 10.7. The summed E-state index contributed by atoms with van der Waals surface area (Å²) in [7, 11) is 1.36. The van der Waals surface area contributed by atoms with E-state index in [1.807, 2.05) is 35.7 Å². The molecular weight excluding hydrogens is 208 g/mol. The Kier molecular flexibility index (Phi) is 5.33. The lowest BCUT2D eigenvalue weighted by Gasteiger charge is -1.92. The van der Waals surface area contributed by atoms with Gasteiger partial charge in [-0.15, -0.1) is 0 Å². The van der Waals surface area contributed by atoms with Crippen molar-refractivity contribution in [1.82, 2.24) is 0 Å². The van der Waals surface area contributed by atoms with Gasteiger partial charge in [-0.1, -0.05) is 42.1 Å². The lowest BCUT2D eigenvalue weighted by molar-refractivity contribution is -0.134. The average molecular weight is 220 g/mol. The Hall–Kier alpha value is -1.48. The minimum absolute atomic E-state index is 0.343. The first kappa shape index (κ1) is 11.6. The molecule has 0 fully saturated rings. The zero-order chi connectivity index (χ0) is 10.9. The van der Waals surface area contributed by atoms with Gasteiger partial charge in [-0.05, 0) is 17.5 Å². The molecule has 78 valence electrons. The van der Waals surface area contributed by atoms with Crippen molar-refractivity contribution in [2.75, 3.05) is 7.11 Å². The molecule has 0 saturated heterocycles. The molecule has 0 aliphatic heterocycles. The maximum Gasteiger partial charge on any atom is 0.330 e. The predicted molar refractivity (Wildman–Crippen MR) is 62.6 cm³/mol. The van der Waals surface area contributed by atoms with Crippen molar-refractivity contribution in [2.24, 2.45) is 0 Å². The third kappa shape index (κ3) is 5.08. The van der Waals surface area contributed by atoms with E-state index >= 15 is 0 Å². The fourth-order valence-corrected chi connectivity index (χ4v) is 1.51. The van der Waals surface area contributed by atoms with Crippen LogP contribution in [0.5, 0.6) is 0 Å². The monoisotopic (exact) mass is 220 g/mol. The first-order chi connectivity index (χ1) is 7.33. The highest BCUT2D eigenvalue weighted by atomic mass is 32.2. The molecule has 0 radical (unpaired) electrons. The summed E-state index contributed by atoms with van der Waals surface area (Å²) in [6, 6.07) is 10.0. The highest BCUT2D eigenvalue weighted by Gasteiger charge is 1.87. The number of rotatable bonds is 4. The van der Waals surface area contributed by atoms with E-state index in [1.165, 1.54) is 18.1 Å². The molecule has 1 rings (SSSR count). The van der Waals surface area contributed by atoms with Crippen LogP contribution in [0, 0.1) is 0 Å². The summed E-state index contributed by atoms with van der Waals surface area (Å²) in [5.41, 5.74) is 0. The quantitative estimate of drug-likeness (QED) is 0.338. The van der Waals surface area contributed by atoms with E-state index in [1.54, 1.807) is 23.9 Å². The van der Waals surface area contributed by atoms with Gasteiger partial charge in [0, 0.05) is 11.0 Å². The first-order valence-corrected chi connectivity index (χ1v) is 5.34. The molecule has 2 nitrogen and oxygen atoms in total. The molecule has 0 saturated carbocycles. The third-order valence-electron chi connectivity index (χ3n) is 1.57. The Balaban J connectivity index is 2.35. The molecule has 0 bridgehead atoms. The van der Waals surface area contributed by atoms with E-state index in [2.05, 4.69) is 4.74 Å². The highest BCUT2D eigenvalue weighted by Crippen LogP contribution is 2.17. The highest BCUT2D eigenvalue weighted by molar-refractivity contribution is 8.02. The number of hydrogen-bond acceptors (Lipinski definition) is 3. The van der Waals surface area contributed by atoms with Crippen LogP contribution in [-0.2, 0) is 9.53 Å². The van der Waals surface area contributed by atoms with Gasteiger partial charge in [-0.3, -0.25) is 0 Å². The van der Waals surface area contributed by atoms with Gasteiger partial charge >= 0.3 is 5.97 Å². The normalized spacial score (nSPS) is 11.0. The van der Waals surface area contributed by atoms with E-state index in [-0.39, 0.29) is 5.97 Å². The van der Waals surface area contributed by atoms with Gasteiger partial charge in [-0.25, -0.2) is 4.79 Å². The minimum Gasteiger partial charge on any atom is -0.466 e. The number of allylic oxidation sites excluding steroid dienone is 2. The van der Waals surface area contributed by atoms with Crippen LogP contribution in [0.15, 0.2) is 58.9 Å². The minimum atomic E-state index is -0.343. The Morgan fingerprint density at radius 2 is 2.00 bits per heavy atom. The van der Waals surface area contributed by atoms with Crippen molar-refractivity contribution < 1.29 is 9.53 Å². The number of carbonyl (C=O) groups is 1. The SMILES string of the molecule is COC(=O)/C=C/C=C/Sc1ccccc1. The zero-order valence-electron chi connectivity index (χ0n) is 8.42. The summed E-state index contributed by atoms with van der Waals surface area (Å²) in [6.45, 7) is 0. The fourth-order valence-electron chi connectivity index (χ4n) is 0.864. The van der Waals surface area contributed by atoms with Gasteiger partial charge < -0.3 is 4.74 Å². The van der Waals surface area contributed by atoms with Crippen molar-refractivity contribution in [1.29, 1.82) is 0 Å². The molecule has 0 atom stereocenters. The van der Waals surface area contributed by atoms with Gasteiger partial charge in [0.15, 0.2) is 0 Å². The molecular formula is C12H12O2S. The summed E-state index contributed by atoms with van der Waals surface area (Å²) >= 11 is 1.60. The largest absolute Gasteiger partial charge is 0.466 e. The van der Waals surface area contributed by atoms with Crippen molar-refractivity contribution in [3.05, 3.63) is 54.0 Å². The van der Waals surface area contributed by atoms with E-state index in [4.69, 9.17) is 0 Å². The van der Waals surface area contributed by atoms with Gasteiger partial charge in [0.2, 0.25) is 0 Å². The van der Waals surface area contributed by atoms with Crippen LogP contribution < -0.4 is 0 Å². The van der Waals surface area contributed by atoms with Crippen molar-refractivity contribution >= 4 is 17.7 Å². The van der Waals surface area contributed by atoms with E-state index < -0.39 is 0 Å². The van der Waals surface area contributed by atoms with Crippen molar-refractivity contribution in [2.45, 2.75) is 4.90 Å². The van der Waals surface area contributed by atoms with Crippen LogP contribution in [0.2, 0.25) is 0 Å². The molecule has 0 heterocycles. The lowest BCUT2D eigenvalue weighted by atomic mass is 10.4. The summed E-state index contributed by atoms with van der Waals surface area (Å²) in [4.78, 5) is 11.9. The summed E-state index contributed by atoms with van der Waals surface area (Å²) in [5.74, 6) is -0.343. The Labute approximate surface area is 93.6 Å². The Morgan fingerprint density at radius 3 is 2.67 bits per heavy atom. The van der Waals surface area contributed by atoms with Crippen LogP contribution >= 0.6 is 11.8 Å². The van der Waals surface area contributed by atoms with Crippen LogP contribution in [0.1, 0.15) is 0 Å². The second-order valence-electron chi connectivity index (χ2n) is 2.64. The van der Waals surface area contributed by atoms with Crippen LogP contribution in [0.25, 0.3) is 0 Å². The molecule has 0 aliphatic carbocycles.